The fourth-order valence-electron chi connectivity index (χ4n) is 2.41. The lowest BCUT2D eigenvalue weighted by Crippen LogP contribution is -2.29. The minimum absolute atomic E-state index is 0.196. The van der Waals surface area contributed by atoms with Crippen LogP contribution < -0.4 is 5.43 Å². The van der Waals surface area contributed by atoms with Gasteiger partial charge in [0.15, 0.2) is 0 Å². The van der Waals surface area contributed by atoms with E-state index in [1.165, 1.54) is 6.42 Å². The fraction of sp³-hybridized carbons (Fsp3) is 0.538. The Morgan fingerprint density at radius 1 is 1.44 bits per heavy atom. The van der Waals surface area contributed by atoms with E-state index >= 15 is 0 Å². The Morgan fingerprint density at radius 2 is 2.11 bits per heavy atom. The summed E-state index contributed by atoms with van der Waals surface area (Å²) >= 11 is 3.30. The normalized spacial score (nSPS) is 23.8. The minimum Gasteiger partial charge on any atom is -0.356 e. The summed E-state index contributed by atoms with van der Waals surface area (Å²) < 4.78 is 0.861. The predicted molar refractivity (Wildman–Crippen MR) is 75.6 cm³/mol. The lowest BCUT2D eigenvalue weighted by molar-refractivity contribution is 0.0950. The highest BCUT2D eigenvalue weighted by Crippen LogP contribution is 2.25. The topological polar surface area (TPSA) is 57.2 Å². The van der Waals surface area contributed by atoms with E-state index in [1.54, 1.807) is 12.3 Å². The number of amides is 1. The number of rotatable bonds is 2. The van der Waals surface area contributed by atoms with Crippen molar-refractivity contribution in [1.29, 1.82) is 0 Å². The zero-order valence-corrected chi connectivity index (χ0v) is 12.3. The lowest BCUT2D eigenvalue weighted by atomic mass is 9.81. The van der Waals surface area contributed by atoms with E-state index in [9.17, 15) is 4.79 Å². The molecule has 1 heterocycles. The van der Waals surface area contributed by atoms with Crippen molar-refractivity contribution in [3.05, 3.63) is 22.4 Å². The third-order valence-corrected chi connectivity index (χ3v) is 3.92. The van der Waals surface area contributed by atoms with Crippen LogP contribution in [0.5, 0.6) is 0 Å². The van der Waals surface area contributed by atoms with Crippen LogP contribution in [0, 0.1) is 11.8 Å². The van der Waals surface area contributed by atoms with Crippen LogP contribution in [-0.4, -0.2) is 16.6 Å². The van der Waals surface area contributed by atoms with E-state index in [0.717, 1.165) is 23.0 Å². The second kappa shape index (κ2) is 5.69. The number of halogens is 1. The van der Waals surface area contributed by atoms with Crippen molar-refractivity contribution in [2.75, 3.05) is 0 Å². The second-order valence-electron chi connectivity index (χ2n) is 4.94. The van der Waals surface area contributed by atoms with E-state index in [-0.39, 0.29) is 5.91 Å². The second-order valence-corrected chi connectivity index (χ2v) is 5.86. The zero-order valence-electron chi connectivity index (χ0n) is 10.7. The highest BCUT2D eigenvalue weighted by molar-refractivity contribution is 9.10. The number of hydrogen-bond acceptors (Lipinski definition) is 2. The molecular weight excluding hydrogens is 294 g/mol. The molecule has 2 atom stereocenters. The summed E-state index contributed by atoms with van der Waals surface area (Å²) in [5.41, 5.74) is 4.27. The standard InChI is InChI=1S/C13H18BrN3O/c1-8-4-3-5-9(2)12(8)16-17-13(18)11-6-10(14)7-15-11/h6-9,15H,3-5H2,1-2H3,(H,17,18)/t8-,9-/m0/s1. The van der Waals surface area contributed by atoms with Crippen LogP contribution in [0.1, 0.15) is 43.6 Å². The number of carbonyl (C=O) groups excluding carboxylic acids is 1. The average molecular weight is 312 g/mol. The van der Waals surface area contributed by atoms with Crippen LogP contribution in [0.15, 0.2) is 21.8 Å². The Labute approximate surface area is 115 Å². The maximum Gasteiger partial charge on any atom is 0.287 e. The first-order valence-electron chi connectivity index (χ1n) is 6.29. The van der Waals surface area contributed by atoms with Crippen LogP contribution >= 0.6 is 15.9 Å². The van der Waals surface area contributed by atoms with Gasteiger partial charge >= 0.3 is 0 Å². The van der Waals surface area contributed by atoms with Gasteiger partial charge in [-0.3, -0.25) is 4.79 Å². The summed E-state index contributed by atoms with van der Waals surface area (Å²) in [4.78, 5) is 14.7. The van der Waals surface area contributed by atoms with E-state index in [4.69, 9.17) is 0 Å². The van der Waals surface area contributed by atoms with Crippen molar-refractivity contribution < 1.29 is 4.79 Å². The van der Waals surface area contributed by atoms with Crippen LogP contribution in [-0.2, 0) is 0 Å². The molecule has 0 radical (unpaired) electrons. The van der Waals surface area contributed by atoms with Gasteiger partial charge in [0.05, 0.1) is 0 Å². The first-order valence-corrected chi connectivity index (χ1v) is 7.09. The molecule has 1 saturated carbocycles. The monoisotopic (exact) mass is 311 g/mol. The third kappa shape index (κ3) is 3.02. The number of hydrazone groups is 1. The molecule has 0 aliphatic heterocycles. The van der Waals surface area contributed by atoms with E-state index in [0.29, 0.717) is 17.5 Å². The molecule has 0 aromatic carbocycles. The molecule has 2 rings (SSSR count). The molecule has 1 aliphatic rings. The zero-order chi connectivity index (χ0) is 13.1. The minimum atomic E-state index is -0.196. The van der Waals surface area contributed by atoms with Crippen LogP contribution in [0.3, 0.4) is 0 Å². The molecule has 0 bridgehead atoms. The van der Waals surface area contributed by atoms with Gasteiger partial charge in [-0.05, 0) is 46.7 Å². The number of aromatic amines is 1. The fourth-order valence-corrected chi connectivity index (χ4v) is 2.75. The molecular formula is C13H18BrN3O. The van der Waals surface area contributed by atoms with Crippen LogP contribution in [0.2, 0.25) is 0 Å². The number of carbonyl (C=O) groups is 1. The molecule has 5 heteroatoms. The lowest BCUT2D eigenvalue weighted by Gasteiger charge is -2.26. The molecule has 1 fully saturated rings. The summed E-state index contributed by atoms with van der Waals surface area (Å²) in [6, 6.07) is 1.74. The van der Waals surface area contributed by atoms with Crippen molar-refractivity contribution >= 4 is 27.5 Å². The molecule has 1 aliphatic carbocycles. The van der Waals surface area contributed by atoms with Gasteiger partial charge in [-0.15, -0.1) is 0 Å². The molecule has 1 aromatic rings. The number of nitrogens with zero attached hydrogens (tertiary/aromatic N) is 1. The Bertz CT molecular complexity index is 455. The Hall–Kier alpha value is -1.10. The molecule has 1 aromatic heterocycles. The number of hydrogen-bond donors (Lipinski definition) is 2. The summed E-state index contributed by atoms with van der Waals surface area (Å²) in [5, 5.41) is 4.31. The maximum absolute atomic E-state index is 11.8. The molecule has 0 spiro atoms. The van der Waals surface area contributed by atoms with Crippen molar-refractivity contribution in [2.24, 2.45) is 16.9 Å². The van der Waals surface area contributed by atoms with E-state index in [2.05, 4.69) is 45.3 Å². The highest BCUT2D eigenvalue weighted by Gasteiger charge is 2.23. The quantitative estimate of drug-likeness (QED) is 0.809. The van der Waals surface area contributed by atoms with Crippen molar-refractivity contribution in [2.45, 2.75) is 33.1 Å². The predicted octanol–water partition coefficient (Wildman–Crippen LogP) is 3.32. The van der Waals surface area contributed by atoms with Gasteiger partial charge in [0.1, 0.15) is 5.69 Å². The summed E-state index contributed by atoms with van der Waals surface area (Å²) in [6.45, 7) is 4.34. The SMILES string of the molecule is C[C@H]1CCC[C@H](C)C1=NNC(=O)c1cc(Br)c[nH]1. The van der Waals surface area contributed by atoms with E-state index < -0.39 is 0 Å². The van der Waals surface area contributed by atoms with Gasteiger partial charge in [-0.1, -0.05) is 20.3 Å². The summed E-state index contributed by atoms with van der Waals surface area (Å²) in [6.07, 6.45) is 5.30. The molecule has 0 unspecified atom stereocenters. The smallest absolute Gasteiger partial charge is 0.287 e. The first kappa shape index (κ1) is 13.3. The first-order chi connectivity index (χ1) is 8.58. The highest BCUT2D eigenvalue weighted by atomic mass is 79.9. The van der Waals surface area contributed by atoms with E-state index in [1.807, 2.05) is 0 Å². The largest absolute Gasteiger partial charge is 0.356 e. The third-order valence-electron chi connectivity index (χ3n) is 3.46. The number of aromatic nitrogens is 1. The Morgan fingerprint density at radius 3 is 2.67 bits per heavy atom. The maximum atomic E-state index is 11.8. The molecule has 98 valence electrons. The molecule has 1 amide bonds. The molecule has 2 N–H and O–H groups in total. The number of H-pyrrole nitrogens is 1. The van der Waals surface area contributed by atoms with Crippen molar-refractivity contribution in [3.63, 3.8) is 0 Å². The van der Waals surface area contributed by atoms with Crippen LogP contribution in [0.25, 0.3) is 0 Å². The van der Waals surface area contributed by atoms with Gasteiger partial charge in [0, 0.05) is 16.4 Å². The Kier molecular flexibility index (Phi) is 4.22. The number of nitrogens with one attached hydrogen (secondary N) is 2. The Balaban J connectivity index is 2.03. The molecule has 18 heavy (non-hydrogen) atoms. The molecule has 4 nitrogen and oxygen atoms in total. The summed E-state index contributed by atoms with van der Waals surface area (Å²) in [7, 11) is 0. The van der Waals surface area contributed by atoms with Gasteiger partial charge in [-0.25, -0.2) is 5.43 Å². The van der Waals surface area contributed by atoms with Gasteiger partial charge < -0.3 is 4.98 Å². The molecule has 0 saturated heterocycles. The van der Waals surface area contributed by atoms with Crippen molar-refractivity contribution in [3.8, 4) is 0 Å². The average Bonchev–Trinajstić information content (AvgIpc) is 2.75. The van der Waals surface area contributed by atoms with Gasteiger partial charge in [0.2, 0.25) is 0 Å². The van der Waals surface area contributed by atoms with Crippen LogP contribution in [0.4, 0.5) is 0 Å². The van der Waals surface area contributed by atoms with Gasteiger partial charge in [0.25, 0.3) is 5.91 Å². The van der Waals surface area contributed by atoms with Crippen molar-refractivity contribution in [1.82, 2.24) is 10.4 Å². The van der Waals surface area contributed by atoms with Gasteiger partial charge in [-0.2, -0.15) is 5.10 Å². The summed E-state index contributed by atoms with van der Waals surface area (Å²) in [5.74, 6) is 0.729.